The van der Waals surface area contributed by atoms with Crippen molar-refractivity contribution in [3.8, 4) is 16.9 Å². The third kappa shape index (κ3) is 6.88. The number of aliphatic hydroxyl groups excluding tert-OH is 1. The van der Waals surface area contributed by atoms with Crippen molar-refractivity contribution in [2.75, 3.05) is 26.2 Å². The van der Waals surface area contributed by atoms with Crippen LogP contribution in [0.1, 0.15) is 31.1 Å². The topological polar surface area (TPSA) is 32.7 Å². The van der Waals surface area contributed by atoms with Crippen LogP contribution in [0.4, 0.5) is 0 Å². The highest BCUT2D eigenvalue weighted by molar-refractivity contribution is 5.85. The predicted molar refractivity (Wildman–Crippen MR) is 128 cm³/mol. The summed E-state index contributed by atoms with van der Waals surface area (Å²) in [5.41, 5.74) is 4.43. The minimum atomic E-state index is -0.526. The van der Waals surface area contributed by atoms with Gasteiger partial charge in [-0.1, -0.05) is 80.6 Å². The SMILES string of the molecule is CCN(CC)CCOc1ccc(C(O)Cc2ccc(-c3ccccc3)cc2)cc1.Cl. The van der Waals surface area contributed by atoms with Gasteiger partial charge in [-0.3, -0.25) is 0 Å². The molecule has 0 amide bonds. The molecule has 0 saturated carbocycles. The summed E-state index contributed by atoms with van der Waals surface area (Å²) in [5, 5.41) is 10.6. The van der Waals surface area contributed by atoms with E-state index in [1.165, 1.54) is 11.1 Å². The first kappa shape index (κ1) is 23.9. The molecule has 0 aromatic heterocycles. The monoisotopic (exact) mass is 425 g/mol. The van der Waals surface area contributed by atoms with Gasteiger partial charge in [0.05, 0.1) is 6.10 Å². The lowest BCUT2D eigenvalue weighted by Gasteiger charge is -2.18. The van der Waals surface area contributed by atoms with Crippen LogP contribution in [0.25, 0.3) is 11.1 Å². The molecule has 30 heavy (non-hydrogen) atoms. The Balaban J connectivity index is 0.00000320. The van der Waals surface area contributed by atoms with Gasteiger partial charge in [0.2, 0.25) is 0 Å². The largest absolute Gasteiger partial charge is 0.492 e. The number of ether oxygens (including phenoxy) is 1. The maximum absolute atomic E-state index is 10.6. The minimum Gasteiger partial charge on any atom is -0.492 e. The molecule has 3 aromatic rings. The summed E-state index contributed by atoms with van der Waals surface area (Å²) >= 11 is 0. The molecule has 0 bridgehead atoms. The normalized spacial score (nSPS) is 11.7. The Labute approximate surface area is 186 Å². The number of aliphatic hydroxyl groups is 1. The van der Waals surface area contributed by atoms with E-state index >= 15 is 0 Å². The fourth-order valence-corrected chi connectivity index (χ4v) is 3.42. The number of benzene rings is 3. The van der Waals surface area contributed by atoms with Crippen molar-refractivity contribution in [1.29, 1.82) is 0 Å². The lowest BCUT2D eigenvalue weighted by atomic mass is 9.98. The molecule has 0 saturated heterocycles. The summed E-state index contributed by atoms with van der Waals surface area (Å²) in [7, 11) is 0. The molecule has 0 radical (unpaired) electrons. The zero-order valence-corrected chi connectivity index (χ0v) is 18.6. The Morgan fingerprint density at radius 1 is 0.800 bits per heavy atom. The number of hydrogen-bond donors (Lipinski definition) is 1. The molecule has 1 unspecified atom stereocenters. The van der Waals surface area contributed by atoms with Crippen molar-refractivity contribution in [3.05, 3.63) is 90.0 Å². The lowest BCUT2D eigenvalue weighted by molar-refractivity contribution is 0.178. The number of likely N-dealkylation sites (N-methyl/N-ethyl adjacent to an activating group) is 1. The first-order chi connectivity index (χ1) is 14.2. The van der Waals surface area contributed by atoms with Gasteiger partial charge >= 0.3 is 0 Å². The molecule has 0 aliphatic rings. The molecular formula is C26H32ClNO2. The number of nitrogens with zero attached hydrogens (tertiary/aromatic N) is 1. The van der Waals surface area contributed by atoms with Crippen LogP contribution in [0.2, 0.25) is 0 Å². The van der Waals surface area contributed by atoms with Crippen molar-refractivity contribution >= 4 is 12.4 Å². The number of halogens is 1. The second-order valence-corrected chi connectivity index (χ2v) is 7.23. The van der Waals surface area contributed by atoms with E-state index in [4.69, 9.17) is 4.74 Å². The van der Waals surface area contributed by atoms with E-state index in [1.54, 1.807) is 0 Å². The van der Waals surface area contributed by atoms with E-state index in [1.807, 2.05) is 42.5 Å². The van der Waals surface area contributed by atoms with Crippen LogP contribution in [0, 0.1) is 0 Å². The average Bonchev–Trinajstić information content (AvgIpc) is 2.78. The van der Waals surface area contributed by atoms with Crippen molar-refractivity contribution in [2.24, 2.45) is 0 Å². The van der Waals surface area contributed by atoms with Crippen LogP contribution in [0.15, 0.2) is 78.9 Å². The molecule has 3 nitrogen and oxygen atoms in total. The second-order valence-electron chi connectivity index (χ2n) is 7.23. The smallest absolute Gasteiger partial charge is 0.119 e. The summed E-state index contributed by atoms with van der Waals surface area (Å²) in [5.74, 6) is 0.848. The van der Waals surface area contributed by atoms with Gasteiger partial charge in [-0.05, 0) is 47.5 Å². The van der Waals surface area contributed by atoms with E-state index in [2.05, 4.69) is 55.1 Å². The van der Waals surface area contributed by atoms with E-state index in [-0.39, 0.29) is 12.4 Å². The van der Waals surface area contributed by atoms with Crippen LogP contribution >= 0.6 is 12.4 Å². The first-order valence-electron chi connectivity index (χ1n) is 10.5. The van der Waals surface area contributed by atoms with Gasteiger partial charge in [-0.25, -0.2) is 0 Å². The van der Waals surface area contributed by atoms with Crippen molar-refractivity contribution < 1.29 is 9.84 Å². The molecule has 0 aliphatic carbocycles. The van der Waals surface area contributed by atoms with Crippen LogP contribution < -0.4 is 4.74 Å². The van der Waals surface area contributed by atoms with E-state index in [0.29, 0.717) is 13.0 Å². The third-order valence-electron chi connectivity index (χ3n) is 5.33. The standard InChI is InChI=1S/C26H31NO2.ClH/c1-3-27(4-2)18-19-29-25-16-14-24(15-17-25)26(28)20-21-10-12-23(13-11-21)22-8-6-5-7-9-22;/h5-17,26,28H,3-4,18-20H2,1-2H3;1H. The van der Waals surface area contributed by atoms with E-state index in [9.17, 15) is 5.11 Å². The molecule has 3 rings (SSSR count). The van der Waals surface area contributed by atoms with Crippen LogP contribution in [0.5, 0.6) is 5.75 Å². The fourth-order valence-electron chi connectivity index (χ4n) is 3.42. The second kappa shape index (κ2) is 12.4. The van der Waals surface area contributed by atoms with Gasteiger partial charge in [-0.15, -0.1) is 12.4 Å². The molecule has 160 valence electrons. The van der Waals surface area contributed by atoms with Crippen LogP contribution in [-0.4, -0.2) is 36.2 Å². The van der Waals surface area contributed by atoms with Crippen molar-refractivity contribution in [2.45, 2.75) is 26.4 Å². The van der Waals surface area contributed by atoms with E-state index < -0.39 is 6.10 Å². The summed E-state index contributed by atoms with van der Waals surface area (Å²) in [4.78, 5) is 2.33. The summed E-state index contributed by atoms with van der Waals surface area (Å²) < 4.78 is 5.83. The van der Waals surface area contributed by atoms with Gasteiger partial charge < -0.3 is 14.7 Å². The molecule has 1 atom stereocenters. The zero-order chi connectivity index (χ0) is 20.5. The third-order valence-corrected chi connectivity index (χ3v) is 5.33. The van der Waals surface area contributed by atoms with Crippen LogP contribution in [0.3, 0.4) is 0 Å². The maximum Gasteiger partial charge on any atom is 0.119 e. The van der Waals surface area contributed by atoms with Gasteiger partial charge in [-0.2, -0.15) is 0 Å². The quantitative estimate of drug-likeness (QED) is 0.447. The summed E-state index contributed by atoms with van der Waals surface area (Å²) in [6, 6.07) is 26.5. The van der Waals surface area contributed by atoms with Gasteiger partial charge in [0.15, 0.2) is 0 Å². The number of rotatable bonds is 10. The zero-order valence-electron chi connectivity index (χ0n) is 17.8. The molecule has 3 aromatic carbocycles. The molecular weight excluding hydrogens is 394 g/mol. The molecule has 0 fully saturated rings. The highest BCUT2D eigenvalue weighted by atomic mass is 35.5. The highest BCUT2D eigenvalue weighted by Crippen LogP contribution is 2.24. The van der Waals surface area contributed by atoms with Crippen molar-refractivity contribution in [3.63, 3.8) is 0 Å². The molecule has 0 heterocycles. The lowest BCUT2D eigenvalue weighted by Crippen LogP contribution is -2.27. The molecule has 4 heteroatoms. The summed E-state index contributed by atoms with van der Waals surface area (Å²) in [6.45, 7) is 8.01. The minimum absolute atomic E-state index is 0. The van der Waals surface area contributed by atoms with Gasteiger partial charge in [0, 0.05) is 13.0 Å². The highest BCUT2D eigenvalue weighted by Gasteiger charge is 2.09. The van der Waals surface area contributed by atoms with E-state index in [0.717, 1.165) is 36.5 Å². The molecule has 0 aliphatic heterocycles. The molecule has 1 N–H and O–H groups in total. The average molecular weight is 426 g/mol. The summed E-state index contributed by atoms with van der Waals surface area (Å²) in [6.07, 6.45) is 0.0688. The van der Waals surface area contributed by atoms with Gasteiger partial charge in [0.1, 0.15) is 12.4 Å². The van der Waals surface area contributed by atoms with Crippen molar-refractivity contribution in [1.82, 2.24) is 4.90 Å². The predicted octanol–water partition coefficient (Wildman–Crippen LogP) is 5.77. The fraction of sp³-hybridized carbons (Fsp3) is 0.308. The maximum atomic E-state index is 10.6. The first-order valence-corrected chi connectivity index (χ1v) is 10.5. The molecule has 0 spiro atoms. The Morgan fingerprint density at radius 2 is 1.40 bits per heavy atom. The Hall–Kier alpha value is -2.33. The Bertz CT molecular complexity index is 846. The number of hydrogen-bond acceptors (Lipinski definition) is 3. The van der Waals surface area contributed by atoms with Gasteiger partial charge in [0.25, 0.3) is 0 Å². The Kier molecular flexibility index (Phi) is 9.88. The Morgan fingerprint density at radius 3 is 2.00 bits per heavy atom. The van der Waals surface area contributed by atoms with Crippen LogP contribution in [-0.2, 0) is 6.42 Å².